The summed E-state index contributed by atoms with van der Waals surface area (Å²) in [6.07, 6.45) is 8.00. The quantitative estimate of drug-likeness (QED) is 0.487. The third-order valence-electron chi connectivity index (χ3n) is 3.98. The average Bonchev–Trinajstić information content (AvgIpc) is 3.48. The fraction of sp³-hybridized carbons (Fsp3) is 0.667. The van der Waals surface area contributed by atoms with Gasteiger partial charge in [0.15, 0.2) is 0 Å². The van der Waals surface area contributed by atoms with E-state index in [0.717, 1.165) is 44.1 Å². The molecular weight excluding hydrogens is 417 g/mol. The van der Waals surface area contributed by atoms with Crippen LogP contribution in [0.15, 0.2) is 24.3 Å². The molecule has 145 valence electrons. The second-order valence-electron chi connectivity index (χ2n) is 6.10. The maximum atomic E-state index is 8.95. The number of para-hydroxylation sites is 1. The van der Waals surface area contributed by atoms with Crippen molar-refractivity contribution in [3.63, 3.8) is 0 Å². The predicted octanol–water partition coefficient (Wildman–Crippen LogP) is 4.13. The summed E-state index contributed by atoms with van der Waals surface area (Å²) in [7, 11) is 0. The SMILES string of the molecule is C1CC[N-]C1.C1CC[N-]C1.C1CC[N-]C1.On1nnc2ccccc21.[Ru+3]. The zero-order valence-electron chi connectivity index (χ0n) is 15.3. The molecule has 1 N–H and O–H groups in total. The smallest absolute Gasteiger partial charge is 0.662 e. The monoisotopic (exact) mass is 447 g/mol. The van der Waals surface area contributed by atoms with Crippen LogP contribution in [0.4, 0.5) is 0 Å². The Hall–Kier alpha value is -1.08. The summed E-state index contributed by atoms with van der Waals surface area (Å²) in [6.45, 7) is 6.75. The van der Waals surface area contributed by atoms with Gasteiger partial charge in [0, 0.05) is 0 Å². The second kappa shape index (κ2) is 15.0. The summed E-state index contributed by atoms with van der Waals surface area (Å²) >= 11 is 0. The minimum absolute atomic E-state index is 0. The maximum Gasteiger partial charge on any atom is 3.00 e. The summed E-state index contributed by atoms with van der Waals surface area (Å²) in [6, 6.07) is 7.19. The zero-order valence-corrected chi connectivity index (χ0v) is 17.0. The number of hydrogen-bond donors (Lipinski definition) is 1. The van der Waals surface area contributed by atoms with Gasteiger partial charge in [0.1, 0.15) is 11.0 Å². The minimum Gasteiger partial charge on any atom is -0.662 e. The first kappa shape index (κ1) is 23.0. The first-order valence-electron chi connectivity index (χ1n) is 9.27. The number of benzene rings is 1. The minimum atomic E-state index is 0. The van der Waals surface area contributed by atoms with E-state index in [-0.39, 0.29) is 19.5 Å². The molecule has 3 aliphatic heterocycles. The van der Waals surface area contributed by atoms with Crippen LogP contribution in [0.1, 0.15) is 38.5 Å². The normalized spacial score (nSPS) is 17.8. The van der Waals surface area contributed by atoms with Gasteiger partial charge in [-0.05, 0) is 17.3 Å². The third kappa shape index (κ3) is 9.57. The van der Waals surface area contributed by atoms with Crippen molar-refractivity contribution in [1.82, 2.24) is 15.2 Å². The van der Waals surface area contributed by atoms with Crippen LogP contribution in [0.2, 0.25) is 0 Å². The van der Waals surface area contributed by atoms with Gasteiger partial charge in [0.25, 0.3) is 0 Å². The van der Waals surface area contributed by atoms with Gasteiger partial charge in [-0.1, -0.05) is 55.5 Å². The summed E-state index contributed by atoms with van der Waals surface area (Å²) in [4.78, 5) is 0.759. The van der Waals surface area contributed by atoms with Gasteiger partial charge in [-0.3, -0.25) is 0 Å². The molecule has 1 radical (unpaired) electrons. The van der Waals surface area contributed by atoms with E-state index >= 15 is 0 Å². The molecule has 1 aromatic carbocycles. The van der Waals surface area contributed by atoms with Crippen molar-refractivity contribution < 1.29 is 24.7 Å². The van der Waals surface area contributed by atoms with Crippen LogP contribution in [0.25, 0.3) is 27.0 Å². The van der Waals surface area contributed by atoms with E-state index in [2.05, 4.69) is 26.3 Å². The first-order valence-corrected chi connectivity index (χ1v) is 9.27. The molecule has 0 saturated carbocycles. The Bertz CT molecular complexity index is 521. The van der Waals surface area contributed by atoms with Gasteiger partial charge in [-0.25, -0.2) is 0 Å². The molecule has 2 aromatic rings. The van der Waals surface area contributed by atoms with E-state index in [1.165, 1.54) is 38.5 Å². The van der Waals surface area contributed by atoms with Gasteiger partial charge in [-0.2, -0.15) is 0 Å². The van der Waals surface area contributed by atoms with Crippen LogP contribution in [0, 0.1) is 0 Å². The van der Waals surface area contributed by atoms with E-state index in [1.54, 1.807) is 12.1 Å². The Morgan fingerprint density at radius 1 is 0.731 bits per heavy atom. The number of nitrogens with zero attached hydrogens (tertiary/aromatic N) is 6. The molecule has 7 nitrogen and oxygen atoms in total. The van der Waals surface area contributed by atoms with Gasteiger partial charge in [0.2, 0.25) is 0 Å². The van der Waals surface area contributed by atoms with Crippen molar-refractivity contribution in [3.8, 4) is 0 Å². The van der Waals surface area contributed by atoms with Crippen molar-refractivity contribution in [2.75, 3.05) is 39.3 Å². The van der Waals surface area contributed by atoms with Crippen LogP contribution in [0.5, 0.6) is 0 Å². The second-order valence-corrected chi connectivity index (χ2v) is 6.10. The first-order chi connectivity index (χ1) is 12.4. The predicted molar refractivity (Wildman–Crippen MR) is 102 cm³/mol. The summed E-state index contributed by atoms with van der Waals surface area (Å²) in [5, 5.41) is 28.3. The van der Waals surface area contributed by atoms with Crippen molar-refractivity contribution in [1.29, 1.82) is 0 Å². The Labute approximate surface area is 169 Å². The largest absolute Gasteiger partial charge is 3.00 e. The average molecular weight is 447 g/mol. The number of aromatic nitrogens is 3. The van der Waals surface area contributed by atoms with E-state index < -0.39 is 0 Å². The van der Waals surface area contributed by atoms with Crippen molar-refractivity contribution in [2.24, 2.45) is 0 Å². The number of fused-ring (bicyclic) bond motifs is 1. The van der Waals surface area contributed by atoms with Crippen LogP contribution >= 0.6 is 0 Å². The molecule has 0 amide bonds. The molecule has 5 rings (SSSR count). The van der Waals surface area contributed by atoms with Gasteiger partial charge < -0.3 is 21.2 Å². The fourth-order valence-corrected chi connectivity index (χ4v) is 2.53. The van der Waals surface area contributed by atoms with E-state index in [9.17, 15) is 0 Å². The van der Waals surface area contributed by atoms with Crippen LogP contribution in [-0.2, 0) is 19.5 Å². The number of rotatable bonds is 0. The molecule has 0 spiro atoms. The summed E-state index contributed by atoms with van der Waals surface area (Å²) in [5.74, 6) is 0. The molecule has 4 heterocycles. The third-order valence-corrected chi connectivity index (χ3v) is 3.98. The van der Waals surface area contributed by atoms with Crippen molar-refractivity contribution >= 4 is 11.0 Å². The molecule has 26 heavy (non-hydrogen) atoms. The Balaban J connectivity index is 0.000000182. The Kier molecular flexibility index (Phi) is 13.3. The van der Waals surface area contributed by atoms with Gasteiger partial charge in [-0.15, -0.1) is 44.4 Å². The molecule has 0 aliphatic carbocycles. The molecule has 1 aromatic heterocycles. The van der Waals surface area contributed by atoms with Crippen molar-refractivity contribution in [2.45, 2.75) is 38.5 Å². The summed E-state index contributed by atoms with van der Waals surface area (Å²) in [5.41, 5.74) is 1.33. The molecule has 8 heteroatoms. The molecular formula is C18H29N6ORu. The molecule has 3 aliphatic rings. The van der Waals surface area contributed by atoms with Crippen LogP contribution in [-0.4, -0.2) is 59.6 Å². The molecule has 0 atom stereocenters. The maximum absolute atomic E-state index is 8.95. The molecule has 3 fully saturated rings. The Morgan fingerprint density at radius 3 is 1.50 bits per heavy atom. The number of hydrogen-bond acceptors (Lipinski definition) is 3. The van der Waals surface area contributed by atoms with Crippen LogP contribution in [0.3, 0.4) is 0 Å². The molecule has 0 unspecified atom stereocenters. The fourth-order valence-electron chi connectivity index (χ4n) is 2.53. The summed E-state index contributed by atoms with van der Waals surface area (Å²) < 4.78 is 0. The topological polar surface area (TPSA) is 93.2 Å². The van der Waals surface area contributed by atoms with Crippen molar-refractivity contribution in [3.05, 3.63) is 40.2 Å². The Morgan fingerprint density at radius 2 is 1.15 bits per heavy atom. The molecule has 0 bridgehead atoms. The molecule has 3 saturated heterocycles. The standard InChI is InChI=1S/C6H5N3O.3C4H8N.Ru/c10-9-6-4-2-1-3-5(6)7-8-9;3*1-2-4-5-3-1;/h1-4,10H;3*1-4H2;/q;3*-1;+3. The van der Waals surface area contributed by atoms with Gasteiger partial charge in [0.05, 0.1) is 0 Å². The zero-order chi connectivity index (χ0) is 17.6. The van der Waals surface area contributed by atoms with Crippen LogP contribution < -0.4 is 0 Å². The van der Waals surface area contributed by atoms with E-state index in [0.29, 0.717) is 11.0 Å². The van der Waals surface area contributed by atoms with Gasteiger partial charge >= 0.3 is 19.5 Å². The van der Waals surface area contributed by atoms with E-state index in [1.807, 2.05) is 12.1 Å². The van der Waals surface area contributed by atoms with E-state index in [4.69, 9.17) is 5.21 Å².